The Morgan fingerprint density at radius 2 is 2.10 bits per heavy atom. The molecule has 0 radical (unpaired) electrons. The molecule has 7 heteroatoms. The van der Waals surface area contributed by atoms with Gasteiger partial charge in [0.1, 0.15) is 5.82 Å². The summed E-state index contributed by atoms with van der Waals surface area (Å²) in [6.07, 6.45) is 5.94. The number of pyridine rings is 2. The molecular weight excluding hydrogens is 390 g/mol. The molecule has 2 aromatic heterocycles. The first-order valence-corrected chi connectivity index (χ1v) is 9.74. The second-order valence-electron chi connectivity index (χ2n) is 7.33. The lowest BCUT2D eigenvalue weighted by Gasteiger charge is -2.10. The van der Waals surface area contributed by atoms with Gasteiger partial charge >= 0.3 is 5.97 Å². The van der Waals surface area contributed by atoms with Gasteiger partial charge in [0.25, 0.3) is 0 Å². The summed E-state index contributed by atoms with van der Waals surface area (Å²) in [6, 6.07) is 7.69. The number of halogens is 1. The quantitative estimate of drug-likeness (QED) is 0.632. The summed E-state index contributed by atoms with van der Waals surface area (Å²) in [6.45, 7) is 3.67. The summed E-state index contributed by atoms with van der Waals surface area (Å²) in [7, 11) is 0. The van der Waals surface area contributed by atoms with E-state index in [0.29, 0.717) is 17.3 Å². The zero-order chi connectivity index (χ0) is 20.5. The number of anilines is 1. The molecule has 1 amide bonds. The molecule has 1 aliphatic carbocycles. The predicted molar refractivity (Wildman–Crippen MR) is 112 cm³/mol. The molecule has 2 heterocycles. The number of hydrogen-bond donors (Lipinski definition) is 1. The van der Waals surface area contributed by atoms with Gasteiger partial charge in [-0.15, -0.1) is 0 Å². The van der Waals surface area contributed by atoms with Gasteiger partial charge in [0.2, 0.25) is 5.91 Å². The molecule has 1 N–H and O–H groups in total. The molecule has 1 saturated carbocycles. The summed E-state index contributed by atoms with van der Waals surface area (Å²) in [5, 5.41) is 5.15. The first-order valence-electron chi connectivity index (χ1n) is 9.37. The van der Waals surface area contributed by atoms with Crippen molar-refractivity contribution in [2.75, 3.05) is 11.9 Å². The number of aryl methyl sites for hydroxylation is 1. The highest BCUT2D eigenvalue weighted by Crippen LogP contribution is 2.39. The fourth-order valence-electron chi connectivity index (χ4n) is 3.40. The second-order valence-corrected chi connectivity index (χ2v) is 7.74. The number of amides is 1. The number of nitrogens with one attached hydrogen (secondary N) is 1. The molecule has 29 heavy (non-hydrogen) atoms. The fourth-order valence-corrected chi connectivity index (χ4v) is 3.68. The largest absolute Gasteiger partial charge is 0.466 e. The molecular formula is C22H20ClN3O3. The van der Waals surface area contributed by atoms with Crippen LogP contribution in [0, 0.1) is 18.8 Å². The van der Waals surface area contributed by atoms with Crippen LogP contribution in [0.3, 0.4) is 0 Å². The molecule has 6 nitrogen and oxygen atoms in total. The van der Waals surface area contributed by atoms with Gasteiger partial charge in [0, 0.05) is 48.3 Å². The summed E-state index contributed by atoms with van der Waals surface area (Å²) in [5.41, 5.74) is 3.07. The van der Waals surface area contributed by atoms with Crippen LogP contribution in [0.4, 0.5) is 5.82 Å². The highest BCUT2D eigenvalue weighted by Gasteiger charge is 2.43. The van der Waals surface area contributed by atoms with Gasteiger partial charge in [-0.25, -0.2) is 4.98 Å². The number of benzene rings is 1. The Bertz CT molecular complexity index is 1120. The van der Waals surface area contributed by atoms with Crippen LogP contribution >= 0.6 is 11.6 Å². The molecule has 2 atom stereocenters. The SMILES string of the molecule is CC(=O)OC[C@H]1C[C@@H]1C(=O)Nc1cc2cc(-c3cnccc3C)cc(Cl)c2cn1. The number of fused-ring (bicyclic) bond motifs is 1. The van der Waals surface area contributed by atoms with Crippen LogP contribution in [0.25, 0.3) is 21.9 Å². The van der Waals surface area contributed by atoms with Gasteiger partial charge in [-0.05, 0) is 54.1 Å². The minimum absolute atomic E-state index is 0.0777. The normalized spacial score (nSPS) is 17.8. The highest BCUT2D eigenvalue weighted by atomic mass is 35.5. The molecule has 0 unspecified atom stereocenters. The summed E-state index contributed by atoms with van der Waals surface area (Å²) >= 11 is 6.47. The number of carbonyl (C=O) groups is 2. The Balaban J connectivity index is 1.55. The lowest BCUT2D eigenvalue weighted by atomic mass is 10.0. The number of carbonyl (C=O) groups excluding carboxylic acids is 2. The maximum atomic E-state index is 12.4. The Morgan fingerprint density at radius 1 is 1.28 bits per heavy atom. The monoisotopic (exact) mass is 409 g/mol. The van der Waals surface area contributed by atoms with Crippen LogP contribution in [0.2, 0.25) is 5.02 Å². The lowest BCUT2D eigenvalue weighted by molar-refractivity contribution is -0.141. The van der Waals surface area contributed by atoms with E-state index in [1.807, 2.05) is 37.4 Å². The lowest BCUT2D eigenvalue weighted by Crippen LogP contribution is -2.17. The van der Waals surface area contributed by atoms with E-state index in [1.54, 1.807) is 12.4 Å². The van der Waals surface area contributed by atoms with Gasteiger partial charge in [-0.2, -0.15) is 0 Å². The number of ether oxygens (including phenoxy) is 1. The van der Waals surface area contributed by atoms with Crippen molar-refractivity contribution < 1.29 is 14.3 Å². The second kappa shape index (κ2) is 7.79. The van der Waals surface area contributed by atoms with Crippen molar-refractivity contribution >= 4 is 40.1 Å². The van der Waals surface area contributed by atoms with E-state index in [2.05, 4.69) is 15.3 Å². The third kappa shape index (κ3) is 4.22. The Morgan fingerprint density at radius 3 is 2.86 bits per heavy atom. The number of rotatable bonds is 5. The van der Waals surface area contributed by atoms with Crippen LogP contribution in [0.1, 0.15) is 18.9 Å². The Labute approximate surface area is 173 Å². The van der Waals surface area contributed by atoms with Crippen molar-refractivity contribution in [3.05, 3.63) is 53.4 Å². The molecule has 1 fully saturated rings. The molecule has 148 valence electrons. The van der Waals surface area contributed by atoms with Crippen LogP contribution in [-0.4, -0.2) is 28.5 Å². The zero-order valence-corrected chi connectivity index (χ0v) is 16.9. The molecule has 0 spiro atoms. The summed E-state index contributed by atoms with van der Waals surface area (Å²) in [5.74, 6) is -0.0475. The molecule has 0 aliphatic heterocycles. The first kappa shape index (κ1) is 19.3. The smallest absolute Gasteiger partial charge is 0.302 e. The summed E-state index contributed by atoms with van der Waals surface area (Å²) in [4.78, 5) is 31.9. The highest BCUT2D eigenvalue weighted by molar-refractivity contribution is 6.36. The molecule has 1 aromatic carbocycles. The van der Waals surface area contributed by atoms with E-state index in [9.17, 15) is 9.59 Å². The fraction of sp³-hybridized carbons (Fsp3) is 0.273. The molecule has 0 saturated heterocycles. The van der Waals surface area contributed by atoms with Gasteiger partial charge in [0.15, 0.2) is 0 Å². The van der Waals surface area contributed by atoms with Gasteiger partial charge in [-0.1, -0.05) is 11.6 Å². The van der Waals surface area contributed by atoms with Gasteiger partial charge < -0.3 is 10.1 Å². The van der Waals surface area contributed by atoms with Crippen LogP contribution in [-0.2, 0) is 14.3 Å². The van der Waals surface area contributed by atoms with E-state index in [4.69, 9.17) is 16.3 Å². The standard InChI is InChI=1S/C22H20ClN3O3/c1-12-3-4-24-9-18(12)14-5-15-8-21(25-10-19(15)20(23)7-14)26-22(28)17-6-16(17)11-29-13(2)27/h3-5,7-10,16-17H,6,11H2,1-2H3,(H,25,26,28)/t16-,17+/m1/s1. The minimum Gasteiger partial charge on any atom is -0.466 e. The Hall–Kier alpha value is -2.99. The maximum Gasteiger partial charge on any atom is 0.302 e. The third-order valence-electron chi connectivity index (χ3n) is 5.15. The van der Waals surface area contributed by atoms with Crippen LogP contribution in [0.15, 0.2) is 42.9 Å². The van der Waals surface area contributed by atoms with E-state index in [-0.39, 0.29) is 30.3 Å². The van der Waals surface area contributed by atoms with Gasteiger partial charge in [-0.3, -0.25) is 14.6 Å². The minimum atomic E-state index is -0.330. The van der Waals surface area contributed by atoms with Crippen molar-refractivity contribution in [1.29, 1.82) is 0 Å². The molecule has 3 aromatic rings. The van der Waals surface area contributed by atoms with E-state index >= 15 is 0 Å². The average molecular weight is 410 g/mol. The number of hydrogen-bond acceptors (Lipinski definition) is 5. The summed E-state index contributed by atoms with van der Waals surface area (Å²) < 4.78 is 4.98. The average Bonchev–Trinajstić information content (AvgIpc) is 3.46. The van der Waals surface area contributed by atoms with Crippen molar-refractivity contribution in [1.82, 2.24) is 9.97 Å². The topological polar surface area (TPSA) is 81.2 Å². The zero-order valence-electron chi connectivity index (χ0n) is 16.1. The van der Waals surface area contributed by atoms with Crippen LogP contribution in [0.5, 0.6) is 0 Å². The van der Waals surface area contributed by atoms with E-state index in [0.717, 1.165) is 27.5 Å². The van der Waals surface area contributed by atoms with E-state index < -0.39 is 0 Å². The molecule has 0 bridgehead atoms. The van der Waals surface area contributed by atoms with Crippen LogP contribution < -0.4 is 5.32 Å². The number of nitrogens with zero attached hydrogens (tertiary/aromatic N) is 2. The molecule has 4 rings (SSSR count). The van der Waals surface area contributed by atoms with Crippen molar-refractivity contribution in [3.8, 4) is 11.1 Å². The van der Waals surface area contributed by atoms with Crippen molar-refractivity contribution in [3.63, 3.8) is 0 Å². The van der Waals surface area contributed by atoms with Gasteiger partial charge in [0.05, 0.1) is 11.6 Å². The predicted octanol–water partition coefficient (Wildman–Crippen LogP) is 4.40. The third-order valence-corrected chi connectivity index (χ3v) is 5.46. The number of esters is 1. The maximum absolute atomic E-state index is 12.4. The first-order chi connectivity index (χ1) is 13.9. The molecule has 1 aliphatic rings. The van der Waals surface area contributed by atoms with E-state index in [1.165, 1.54) is 6.92 Å². The van der Waals surface area contributed by atoms with Crippen molar-refractivity contribution in [2.45, 2.75) is 20.3 Å². The van der Waals surface area contributed by atoms with Crippen molar-refractivity contribution in [2.24, 2.45) is 11.8 Å². The number of aromatic nitrogens is 2. The Kier molecular flexibility index (Phi) is 5.20.